The fraction of sp³-hybridized carbons (Fsp3) is 0.360. The highest BCUT2D eigenvalue weighted by Crippen LogP contribution is 2.28. The van der Waals surface area contributed by atoms with Gasteiger partial charge in [-0.2, -0.15) is 0 Å². The standard InChI is InChI=1S/C25H28BrNO4/c1-16(2)24-22(31-25(27-24)19-5-9-20(26)10-6-19)13-14-30-21-11-7-18(17(3)15-21)8-12-23(28)29-4/h5-7,9-11,15-16H,8,12-14H2,1-4H3. The van der Waals surface area contributed by atoms with Gasteiger partial charge in [-0.05, 0) is 66.8 Å². The molecule has 3 aromatic rings. The predicted octanol–water partition coefficient (Wildman–Crippen LogP) is 6.26. The van der Waals surface area contributed by atoms with Crippen LogP contribution in [0.5, 0.6) is 5.75 Å². The molecular formula is C25H28BrNO4. The lowest BCUT2D eigenvalue weighted by Crippen LogP contribution is -2.05. The van der Waals surface area contributed by atoms with Crippen LogP contribution < -0.4 is 4.74 Å². The number of hydrogen-bond donors (Lipinski definition) is 0. The van der Waals surface area contributed by atoms with E-state index in [9.17, 15) is 4.79 Å². The van der Waals surface area contributed by atoms with E-state index in [0.717, 1.165) is 38.4 Å². The lowest BCUT2D eigenvalue weighted by atomic mass is 10.0. The van der Waals surface area contributed by atoms with Crippen LogP contribution in [-0.2, 0) is 22.4 Å². The average molecular weight is 486 g/mol. The van der Waals surface area contributed by atoms with Crippen LogP contribution in [0.25, 0.3) is 11.5 Å². The van der Waals surface area contributed by atoms with Crippen LogP contribution in [-0.4, -0.2) is 24.7 Å². The molecule has 0 spiro atoms. The summed E-state index contributed by atoms with van der Waals surface area (Å²) in [6.45, 7) is 6.75. The fourth-order valence-electron chi connectivity index (χ4n) is 3.35. The second kappa shape index (κ2) is 10.6. The largest absolute Gasteiger partial charge is 0.493 e. The van der Waals surface area contributed by atoms with Gasteiger partial charge in [-0.1, -0.05) is 35.8 Å². The Morgan fingerprint density at radius 1 is 1.13 bits per heavy atom. The Morgan fingerprint density at radius 2 is 1.87 bits per heavy atom. The first-order valence-electron chi connectivity index (χ1n) is 10.4. The molecule has 0 atom stereocenters. The van der Waals surface area contributed by atoms with Crippen LogP contribution in [0.15, 0.2) is 51.4 Å². The maximum Gasteiger partial charge on any atom is 0.305 e. The number of carbonyl (C=O) groups is 1. The van der Waals surface area contributed by atoms with Gasteiger partial charge in [0.1, 0.15) is 11.5 Å². The first-order valence-corrected chi connectivity index (χ1v) is 11.2. The van der Waals surface area contributed by atoms with Gasteiger partial charge in [0, 0.05) is 22.9 Å². The van der Waals surface area contributed by atoms with Crippen molar-refractivity contribution in [3.05, 3.63) is 69.5 Å². The summed E-state index contributed by atoms with van der Waals surface area (Å²) in [6, 6.07) is 13.9. The number of ether oxygens (including phenoxy) is 2. The zero-order valence-electron chi connectivity index (χ0n) is 18.4. The summed E-state index contributed by atoms with van der Waals surface area (Å²) >= 11 is 3.46. The fourth-order valence-corrected chi connectivity index (χ4v) is 3.61. The molecule has 0 aliphatic rings. The average Bonchev–Trinajstić information content (AvgIpc) is 3.18. The minimum atomic E-state index is -0.199. The zero-order chi connectivity index (χ0) is 22.4. The molecule has 3 rings (SSSR count). The maximum atomic E-state index is 11.4. The van der Waals surface area contributed by atoms with Gasteiger partial charge < -0.3 is 13.9 Å². The molecule has 6 heteroatoms. The van der Waals surface area contributed by atoms with Crippen molar-refractivity contribution in [1.29, 1.82) is 0 Å². The van der Waals surface area contributed by atoms with Gasteiger partial charge in [0.15, 0.2) is 0 Å². The minimum absolute atomic E-state index is 0.199. The lowest BCUT2D eigenvalue weighted by Gasteiger charge is -2.10. The third kappa shape index (κ3) is 6.20. The molecule has 2 aromatic carbocycles. The summed E-state index contributed by atoms with van der Waals surface area (Å²) < 4.78 is 17.8. The number of methoxy groups -OCH3 is 1. The molecule has 5 nitrogen and oxygen atoms in total. The topological polar surface area (TPSA) is 61.6 Å². The first-order chi connectivity index (χ1) is 14.9. The van der Waals surface area contributed by atoms with Crippen LogP contribution in [0, 0.1) is 6.92 Å². The lowest BCUT2D eigenvalue weighted by molar-refractivity contribution is -0.140. The third-order valence-electron chi connectivity index (χ3n) is 5.10. The number of rotatable bonds is 9. The van der Waals surface area contributed by atoms with Gasteiger partial charge in [-0.3, -0.25) is 4.79 Å². The van der Waals surface area contributed by atoms with Crippen molar-refractivity contribution in [1.82, 2.24) is 4.98 Å². The molecule has 0 radical (unpaired) electrons. The summed E-state index contributed by atoms with van der Waals surface area (Å²) in [5, 5.41) is 0. The molecule has 0 saturated carbocycles. The number of carbonyl (C=O) groups excluding carboxylic acids is 1. The Bertz CT molecular complexity index is 1020. The van der Waals surface area contributed by atoms with Crippen molar-refractivity contribution in [3.63, 3.8) is 0 Å². The van der Waals surface area contributed by atoms with E-state index in [0.29, 0.717) is 31.8 Å². The van der Waals surface area contributed by atoms with Gasteiger partial charge in [-0.25, -0.2) is 4.98 Å². The second-order valence-corrected chi connectivity index (χ2v) is 8.67. The smallest absolute Gasteiger partial charge is 0.305 e. The normalized spacial score (nSPS) is 11.0. The number of benzene rings is 2. The molecule has 0 amide bonds. The van der Waals surface area contributed by atoms with Crippen LogP contribution in [0.4, 0.5) is 0 Å². The molecule has 31 heavy (non-hydrogen) atoms. The van der Waals surface area contributed by atoms with Gasteiger partial charge in [0.25, 0.3) is 0 Å². The van der Waals surface area contributed by atoms with E-state index in [4.69, 9.17) is 18.9 Å². The summed E-state index contributed by atoms with van der Waals surface area (Å²) in [7, 11) is 1.41. The van der Waals surface area contributed by atoms with Crippen molar-refractivity contribution in [2.45, 2.75) is 46.0 Å². The Labute approximate surface area is 191 Å². The van der Waals surface area contributed by atoms with Crippen LogP contribution >= 0.6 is 15.9 Å². The highest BCUT2D eigenvalue weighted by atomic mass is 79.9. The third-order valence-corrected chi connectivity index (χ3v) is 5.63. The Morgan fingerprint density at radius 3 is 2.52 bits per heavy atom. The van der Waals surface area contributed by atoms with E-state index < -0.39 is 0 Å². The SMILES string of the molecule is COC(=O)CCc1ccc(OCCc2oc(-c3ccc(Br)cc3)nc2C(C)C)cc1C. The summed E-state index contributed by atoms with van der Waals surface area (Å²) in [5.41, 5.74) is 4.14. The quantitative estimate of drug-likeness (QED) is 0.334. The molecule has 0 saturated heterocycles. The highest BCUT2D eigenvalue weighted by Gasteiger charge is 2.17. The summed E-state index contributed by atoms with van der Waals surface area (Å²) in [6.07, 6.45) is 1.68. The zero-order valence-corrected chi connectivity index (χ0v) is 20.0. The summed E-state index contributed by atoms with van der Waals surface area (Å²) in [4.78, 5) is 16.1. The summed E-state index contributed by atoms with van der Waals surface area (Å²) in [5.74, 6) is 2.36. The van der Waals surface area contributed by atoms with Gasteiger partial charge in [0.05, 0.1) is 19.4 Å². The Hall–Kier alpha value is -2.60. The number of esters is 1. The van der Waals surface area contributed by atoms with E-state index in [1.165, 1.54) is 7.11 Å². The maximum absolute atomic E-state index is 11.4. The number of hydrogen-bond acceptors (Lipinski definition) is 5. The van der Waals surface area contributed by atoms with Crippen molar-refractivity contribution in [2.24, 2.45) is 0 Å². The molecule has 1 aromatic heterocycles. The molecular weight excluding hydrogens is 458 g/mol. The van der Waals surface area contributed by atoms with Gasteiger partial charge in [0.2, 0.25) is 5.89 Å². The molecule has 0 aliphatic carbocycles. The van der Waals surface area contributed by atoms with Crippen LogP contribution in [0.1, 0.15) is 48.8 Å². The Balaban J connectivity index is 1.64. The van der Waals surface area contributed by atoms with Crippen LogP contribution in [0.3, 0.4) is 0 Å². The van der Waals surface area contributed by atoms with Gasteiger partial charge >= 0.3 is 5.97 Å². The highest BCUT2D eigenvalue weighted by molar-refractivity contribution is 9.10. The van der Waals surface area contributed by atoms with Crippen LogP contribution in [0.2, 0.25) is 0 Å². The molecule has 0 fully saturated rings. The molecule has 0 aliphatic heterocycles. The monoisotopic (exact) mass is 485 g/mol. The van der Waals surface area contributed by atoms with E-state index in [-0.39, 0.29) is 11.9 Å². The predicted molar refractivity (Wildman–Crippen MR) is 124 cm³/mol. The molecule has 0 unspecified atom stereocenters. The number of aromatic nitrogens is 1. The Kier molecular flexibility index (Phi) is 7.91. The van der Waals surface area contributed by atoms with E-state index in [2.05, 4.69) is 29.8 Å². The number of aryl methyl sites for hydroxylation is 2. The van der Waals surface area contributed by atoms with Crippen molar-refractivity contribution in [3.8, 4) is 17.2 Å². The van der Waals surface area contributed by atoms with Crippen molar-refractivity contribution >= 4 is 21.9 Å². The van der Waals surface area contributed by atoms with E-state index >= 15 is 0 Å². The second-order valence-electron chi connectivity index (χ2n) is 7.75. The minimum Gasteiger partial charge on any atom is -0.493 e. The van der Waals surface area contributed by atoms with Gasteiger partial charge in [-0.15, -0.1) is 0 Å². The van der Waals surface area contributed by atoms with Crippen molar-refractivity contribution in [2.75, 3.05) is 13.7 Å². The van der Waals surface area contributed by atoms with E-state index in [1.54, 1.807) is 0 Å². The van der Waals surface area contributed by atoms with Crippen molar-refractivity contribution < 1.29 is 18.7 Å². The molecule has 0 N–H and O–H groups in total. The molecule has 164 valence electrons. The first kappa shape index (κ1) is 23.1. The number of nitrogens with zero attached hydrogens (tertiary/aromatic N) is 1. The van der Waals surface area contributed by atoms with E-state index in [1.807, 2.05) is 49.4 Å². The number of halogens is 1. The molecule has 1 heterocycles. The number of oxazole rings is 1. The molecule has 0 bridgehead atoms.